The van der Waals surface area contributed by atoms with Crippen LogP contribution in [-0.4, -0.2) is 7.11 Å². The Hall–Kier alpha value is -2.28. The number of ether oxygens (including phenoxy) is 1. The van der Waals surface area contributed by atoms with E-state index in [9.17, 15) is 0 Å². The van der Waals surface area contributed by atoms with Gasteiger partial charge in [0.2, 0.25) is 0 Å². The minimum atomic E-state index is 0.911. The number of rotatable bonds is 2. The van der Waals surface area contributed by atoms with Gasteiger partial charge in [-0.2, -0.15) is 0 Å². The first-order chi connectivity index (χ1) is 8.90. The molecule has 0 atom stereocenters. The molecule has 0 N–H and O–H groups in total. The Morgan fingerprint density at radius 3 is 2.22 bits per heavy atom. The van der Waals surface area contributed by atoms with E-state index < -0.39 is 0 Å². The third-order valence-corrected chi connectivity index (χ3v) is 3.19. The van der Waals surface area contributed by atoms with E-state index in [1.807, 2.05) is 18.2 Å². The summed E-state index contributed by atoms with van der Waals surface area (Å²) in [5.74, 6) is 0.911. The van der Waals surface area contributed by atoms with Gasteiger partial charge in [0.1, 0.15) is 5.75 Å². The molecule has 0 radical (unpaired) electrons. The molecule has 3 rings (SSSR count). The van der Waals surface area contributed by atoms with E-state index in [1.165, 1.54) is 16.3 Å². The van der Waals surface area contributed by atoms with Crippen molar-refractivity contribution in [2.24, 2.45) is 0 Å². The van der Waals surface area contributed by atoms with E-state index in [1.54, 1.807) is 7.11 Å². The van der Waals surface area contributed by atoms with Crippen molar-refractivity contribution < 1.29 is 4.74 Å². The summed E-state index contributed by atoms with van der Waals surface area (Å²) in [5, 5.41) is 2.51. The molecule has 0 saturated carbocycles. The Balaban J connectivity index is 2.32. The van der Waals surface area contributed by atoms with Crippen molar-refractivity contribution in [1.82, 2.24) is 0 Å². The fraction of sp³-hybridized carbons (Fsp3) is 0.0588. The number of fused-ring (bicyclic) bond motifs is 1. The molecule has 0 unspecified atom stereocenters. The molecule has 0 spiro atoms. The fourth-order valence-electron chi connectivity index (χ4n) is 2.33. The Bertz CT molecular complexity index is 681. The van der Waals surface area contributed by atoms with Crippen molar-refractivity contribution in [1.29, 1.82) is 0 Å². The summed E-state index contributed by atoms with van der Waals surface area (Å²) >= 11 is 0. The lowest BCUT2D eigenvalue weighted by atomic mass is 9.98. The standard InChI is InChI=1S/C17H14O/c1-18-17-12-5-4-10-16(17)15-11-6-8-13-7-2-3-9-14(13)15/h2-12H,1H3. The van der Waals surface area contributed by atoms with Gasteiger partial charge >= 0.3 is 0 Å². The molecule has 0 aliphatic heterocycles. The Morgan fingerprint density at radius 1 is 0.667 bits per heavy atom. The van der Waals surface area contributed by atoms with Crippen LogP contribution in [0.3, 0.4) is 0 Å². The first-order valence-corrected chi connectivity index (χ1v) is 6.01. The molecule has 0 bridgehead atoms. The van der Waals surface area contributed by atoms with Gasteiger partial charge in [0.05, 0.1) is 7.11 Å². The number of methoxy groups -OCH3 is 1. The largest absolute Gasteiger partial charge is 0.496 e. The van der Waals surface area contributed by atoms with Crippen LogP contribution in [0.1, 0.15) is 0 Å². The van der Waals surface area contributed by atoms with Crippen molar-refractivity contribution in [2.45, 2.75) is 0 Å². The number of benzene rings is 3. The normalized spacial score (nSPS) is 10.5. The minimum absolute atomic E-state index is 0.911. The lowest BCUT2D eigenvalue weighted by Crippen LogP contribution is -1.88. The van der Waals surface area contributed by atoms with Crippen LogP contribution in [0.5, 0.6) is 5.75 Å². The Kier molecular flexibility index (Phi) is 2.73. The molecular weight excluding hydrogens is 220 g/mol. The monoisotopic (exact) mass is 234 g/mol. The summed E-state index contributed by atoms with van der Waals surface area (Å²) in [4.78, 5) is 0. The van der Waals surface area contributed by atoms with Crippen LogP contribution >= 0.6 is 0 Å². The van der Waals surface area contributed by atoms with E-state index in [4.69, 9.17) is 4.74 Å². The van der Waals surface area contributed by atoms with Crippen LogP contribution in [0, 0.1) is 0 Å². The highest BCUT2D eigenvalue weighted by atomic mass is 16.5. The highest BCUT2D eigenvalue weighted by molar-refractivity contribution is 5.97. The molecule has 0 aliphatic carbocycles. The molecule has 0 saturated heterocycles. The predicted octanol–water partition coefficient (Wildman–Crippen LogP) is 4.52. The molecule has 0 amide bonds. The van der Waals surface area contributed by atoms with E-state index in [2.05, 4.69) is 48.5 Å². The van der Waals surface area contributed by atoms with Crippen molar-refractivity contribution in [3.8, 4) is 16.9 Å². The summed E-state index contributed by atoms with van der Waals surface area (Å²) in [5.41, 5.74) is 2.35. The van der Waals surface area contributed by atoms with Crippen molar-refractivity contribution >= 4 is 10.8 Å². The third kappa shape index (κ3) is 1.74. The van der Waals surface area contributed by atoms with Gasteiger partial charge < -0.3 is 4.74 Å². The first-order valence-electron chi connectivity index (χ1n) is 6.01. The highest BCUT2D eigenvalue weighted by Gasteiger charge is 2.07. The smallest absolute Gasteiger partial charge is 0.126 e. The molecule has 0 fully saturated rings. The molecular formula is C17H14O. The van der Waals surface area contributed by atoms with Crippen molar-refractivity contribution in [3.05, 3.63) is 66.7 Å². The SMILES string of the molecule is COc1ccccc1-c1cccc2ccccc12. The van der Waals surface area contributed by atoms with Crippen LogP contribution in [0.15, 0.2) is 66.7 Å². The lowest BCUT2D eigenvalue weighted by Gasteiger charge is -2.10. The average molecular weight is 234 g/mol. The summed E-state index contributed by atoms with van der Waals surface area (Å²) in [6.45, 7) is 0. The van der Waals surface area contributed by atoms with E-state index in [0.29, 0.717) is 0 Å². The average Bonchev–Trinajstić information content (AvgIpc) is 2.46. The number of hydrogen-bond acceptors (Lipinski definition) is 1. The van der Waals surface area contributed by atoms with Gasteiger partial charge in [-0.3, -0.25) is 0 Å². The molecule has 1 nitrogen and oxygen atoms in total. The first kappa shape index (κ1) is 10.8. The summed E-state index contributed by atoms with van der Waals surface area (Å²) < 4.78 is 5.45. The maximum Gasteiger partial charge on any atom is 0.126 e. The number of hydrogen-bond donors (Lipinski definition) is 0. The second-order valence-corrected chi connectivity index (χ2v) is 4.23. The van der Waals surface area contributed by atoms with Gasteiger partial charge in [-0.25, -0.2) is 0 Å². The van der Waals surface area contributed by atoms with Gasteiger partial charge in [-0.05, 0) is 22.4 Å². The van der Waals surface area contributed by atoms with E-state index >= 15 is 0 Å². The Labute approximate surface area is 107 Å². The zero-order valence-corrected chi connectivity index (χ0v) is 10.3. The van der Waals surface area contributed by atoms with Gasteiger partial charge in [-0.1, -0.05) is 60.7 Å². The third-order valence-electron chi connectivity index (χ3n) is 3.19. The predicted molar refractivity (Wildman–Crippen MR) is 75.9 cm³/mol. The van der Waals surface area contributed by atoms with Gasteiger partial charge in [-0.15, -0.1) is 0 Å². The van der Waals surface area contributed by atoms with Gasteiger partial charge in [0.15, 0.2) is 0 Å². The van der Waals surface area contributed by atoms with E-state index in [-0.39, 0.29) is 0 Å². The zero-order chi connectivity index (χ0) is 12.4. The molecule has 1 heteroatoms. The maximum absolute atomic E-state index is 5.45. The van der Waals surface area contributed by atoms with Crippen LogP contribution in [0.25, 0.3) is 21.9 Å². The van der Waals surface area contributed by atoms with Crippen molar-refractivity contribution in [3.63, 3.8) is 0 Å². The van der Waals surface area contributed by atoms with Gasteiger partial charge in [0.25, 0.3) is 0 Å². The lowest BCUT2D eigenvalue weighted by molar-refractivity contribution is 0.416. The molecule has 88 valence electrons. The zero-order valence-electron chi connectivity index (χ0n) is 10.3. The molecule has 3 aromatic carbocycles. The fourth-order valence-corrected chi connectivity index (χ4v) is 2.33. The highest BCUT2D eigenvalue weighted by Crippen LogP contribution is 2.34. The second kappa shape index (κ2) is 4.53. The van der Waals surface area contributed by atoms with Gasteiger partial charge in [0, 0.05) is 5.56 Å². The van der Waals surface area contributed by atoms with Crippen LogP contribution in [-0.2, 0) is 0 Å². The van der Waals surface area contributed by atoms with Crippen LogP contribution in [0.2, 0.25) is 0 Å². The molecule has 18 heavy (non-hydrogen) atoms. The molecule has 3 aromatic rings. The van der Waals surface area contributed by atoms with Crippen LogP contribution in [0.4, 0.5) is 0 Å². The molecule has 0 heterocycles. The van der Waals surface area contributed by atoms with Crippen LogP contribution < -0.4 is 4.74 Å². The number of para-hydroxylation sites is 1. The summed E-state index contributed by atoms with van der Waals surface area (Å²) in [7, 11) is 1.71. The summed E-state index contributed by atoms with van der Waals surface area (Å²) in [6, 6.07) is 22.9. The Morgan fingerprint density at radius 2 is 1.33 bits per heavy atom. The van der Waals surface area contributed by atoms with E-state index in [0.717, 1.165) is 11.3 Å². The molecule has 0 aliphatic rings. The second-order valence-electron chi connectivity index (χ2n) is 4.23. The minimum Gasteiger partial charge on any atom is -0.496 e. The van der Waals surface area contributed by atoms with Crippen molar-refractivity contribution in [2.75, 3.05) is 7.11 Å². The molecule has 0 aromatic heterocycles. The summed E-state index contributed by atoms with van der Waals surface area (Å²) in [6.07, 6.45) is 0. The maximum atomic E-state index is 5.45. The quantitative estimate of drug-likeness (QED) is 0.633. The topological polar surface area (TPSA) is 9.23 Å².